The zero-order valence-electron chi connectivity index (χ0n) is 11.0. The standard InChI is InChI=1S/C15H19BrN2S/c1-2-14-6-7-15(19-14)10-13(18-17)9-11-4-3-5-12(16)8-11/h3-8,13,18H,2,9-10,17H2,1H3. The van der Waals surface area contributed by atoms with E-state index in [1.807, 2.05) is 17.4 Å². The molecule has 0 saturated heterocycles. The Morgan fingerprint density at radius 1 is 1.21 bits per heavy atom. The summed E-state index contributed by atoms with van der Waals surface area (Å²) in [7, 11) is 0. The first-order valence-corrected chi connectivity index (χ1v) is 8.10. The Morgan fingerprint density at radius 2 is 2.00 bits per heavy atom. The van der Waals surface area contributed by atoms with Crippen molar-refractivity contribution in [3.63, 3.8) is 0 Å². The summed E-state index contributed by atoms with van der Waals surface area (Å²) >= 11 is 5.39. The predicted octanol–water partition coefficient (Wildman–Crippen LogP) is 3.69. The highest BCUT2D eigenvalue weighted by Gasteiger charge is 2.10. The van der Waals surface area contributed by atoms with Crippen LogP contribution in [0.3, 0.4) is 0 Å². The third-order valence-electron chi connectivity index (χ3n) is 3.12. The number of hydrazine groups is 1. The number of nitrogens with one attached hydrogen (secondary N) is 1. The molecule has 102 valence electrons. The summed E-state index contributed by atoms with van der Waals surface area (Å²) in [4.78, 5) is 2.84. The van der Waals surface area contributed by atoms with Crippen molar-refractivity contribution in [2.45, 2.75) is 32.2 Å². The topological polar surface area (TPSA) is 38.0 Å². The molecular formula is C15H19BrN2S. The Morgan fingerprint density at radius 3 is 2.63 bits per heavy atom. The molecule has 1 unspecified atom stereocenters. The molecule has 0 fully saturated rings. The van der Waals surface area contributed by atoms with Crippen LogP contribution in [0.25, 0.3) is 0 Å². The van der Waals surface area contributed by atoms with Crippen LogP contribution >= 0.6 is 27.3 Å². The number of benzene rings is 1. The molecule has 0 aliphatic rings. The van der Waals surface area contributed by atoms with E-state index in [1.54, 1.807) is 0 Å². The summed E-state index contributed by atoms with van der Waals surface area (Å²) in [5.41, 5.74) is 4.23. The maximum atomic E-state index is 5.69. The van der Waals surface area contributed by atoms with Gasteiger partial charge in [0.2, 0.25) is 0 Å². The molecule has 0 radical (unpaired) electrons. The van der Waals surface area contributed by atoms with E-state index in [0.717, 1.165) is 23.7 Å². The zero-order valence-corrected chi connectivity index (χ0v) is 13.4. The van der Waals surface area contributed by atoms with Gasteiger partial charge < -0.3 is 0 Å². The van der Waals surface area contributed by atoms with Gasteiger partial charge in [-0.15, -0.1) is 11.3 Å². The number of rotatable bonds is 6. The Kier molecular flexibility index (Phi) is 5.58. The first-order valence-electron chi connectivity index (χ1n) is 6.49. The maximum absolute atomic E-state index is 5.69. The SMILES string of the molecule is CCc1ccc(CC(Cc2cccc(Br)c2)NN)s1. The van der Waals surface area contributed by atoms with Crippen molar-refractivity contribution in [1.29, 1.82) is 0 Å². The zero-order chi connectivity index (χ0) is 13.7. The minimum absolute atomic E-state index is 0.276. The summed E-state index contributed by atoms with van der Waals surface area (Å²) in [6, 6.07) is 13.1. The van der Waals surface area contributed by atoms with Crippen LogP contribution in [0.5, 0.6) is 0 Å². The van der Waals surface area contributed by atoms with Gasteiger partial charge in [-0.2, -0.15) is 0 Å². The van der Waals surface area contributed by atoms with Crippen LogP contribution < -0.4 is 11.3 Å². The number of hydrogen-bond acceptors (Lipinski definition) is 3. The van der Waals surface area contributed by atoms with Crippen LogP contribution in [0.15, 0.2) is 40.9 Å². The van der Waals surface area contributed by atoms with E-state index in [2.05, 4.69) is 58.6 Å². The van der Waals surface area contributed by atoms with Crippen LogP contribution in [0, 0.1) is 0 Å². The van der Waals surface area contributed by atoms with E-state index in [9.17, 15) is 0 Å². The molecule has 0 saturated carbocycles. The lowest BCUT2D eigenvalue weighted by Crippen LogP contribution is -2.38. The summed E-state index contributed by atoms with van der Waals surface area (Å²) in [5.74, 6) is 5.69. The monoisotopic (exact) mass is 338 g/mol. The second-order valence-corrected chi connectivity index (χ2v) is 6.79. The van der Waals surface area contributed by atoms with Crippen molar-refractivity contribution in [1.82, 2.24) is 5.43 Å². The van der Waals surface area contributed by atoms with Crippen LogP contribution in [0.4, 0.5) is 0 Å². The van der Waals surface area contributed by atoms with Crippen molar-refractivity contribution in [3.05, 3.63) is 56.2 Å². The van der Waals surface area contributed by atoms with Gasteiger partial charge in [0.1, 0.15) is 0 Å². The van der Waals surface area contributed by atoms with Gasteiger partial charge in [0.25, 0.3) is 0 Å². The molecule has 0 spiro atoms. The van der Waals surface area contributed by atoms with Crippen molar-refractivity contribution >= 4 is 27.3 Å². The normalized spacial score (nSPS) is 12.6. The van der Waals surface area contributed by atoms with Crippen molar-refractivity contribution in [2.75, 3.05) is 0 Å². The van der Waals surface area contributed by atoms with Gasteiger partial charge in [0, 0.05) is 20.3 Å². The van der Waals surface area contributed by atoms with E-state index >= 15 is 0 Å². The highest BCUT2D eigenvalue weighted by Crippen LogP contribution is 2.20. The largest absolute Gasteiger partial charge is 0.271 e. The molecule has 2 rings (SSSR count). The maximum Gasteiger partial charge on any atom is 0.0299 e. The van der Waals surface area contributed by atoms with E-state index < -0.39 is 0 Å². The molecule has 1 heterocycles. The lowest BCUT2D eigenvalue weighted by atomic mass is 10.0. The van der Waals surface area contributed by atoms with Gasteiger partial charge in [0.15, 0.2) is 0 Å². The number of aryl methyl sites for hydroxylation is 1. The molecule has 3 N–H and O–H groups in total. The fourth-order valence-corrected chi connectivity index (χ4v) is 3.59. The molecule has 0 amide bonds. The Bertz CT molecular complexity index is 524. The lowest BCUT2D eigenvalue weighted by Gasteiger charge is -2.15. The predicted molar refractivity (Wildman–Crippen MR) is 86.4 cm³/mol. The van der Waals surface area contributed by atoms with Crippen LogP contribution in [0.2, 0.25) is 0 Å². The van der Waals surface area contributed by atoms with Crippen molar-refractivity contribution in [2.24, 2.45) is 5.84 Å². The van der Waals surface area contributed by atoms with Gasteiger partial charge in [-0.3, -0.25) is 11.3 Å². The van der Waals surface area contributed by atoms with Gasteiger partial charge in [0.05, 0.1) is 0 Å². The van der Waals surface area contributed by atoms with E-state index in [4.69, 9.17) is 5.84 Å². The van der Waals surface area contributed by atoms with Crippen molar-refractivity contribution < 1.29 is 0 Å². The number of thiophene rings is 1. The van der Waals surface area contributed by atoms with E-state index in [1.165, 1.54) is 15.3 Å². The van der Waals surface area contributed by atoms with Crippen molar-refractivity contribution in [3.8, 4) is 0 Å². The van der Waals surface area contributed by atoms with Gasteiger partial charge in [-0.1, -0.05) is 35.0 Å². The average Bonchev–Trinajstić information content (AvgIpc) is 2.85. The van der Waals surface area contributed by atoms with E-state index in [-0.39, 0.29) is 6.04 Å². The lowest BCUT2D eigenvalue weighted by molar-refractivity contribution is 0.525. The molecule has 1 aromatic carbocycles. The summed E-state index contributed by atoms with van der Waals surface area (Å²) < 4.78 is 1.12. The van der Waals surface area contributed by atoms with Gasteiger partial charge in [-0.25, -0.2) is 0 Å². The summed E-state index contributed by atoms with van der Waals surface area (Å²) in [6.45, 7) is 2.19. The number of nitrogens with two attached hydrogens (primary N) is 1. The third-order valence-corrected chi connectivity index (χ3v) is 4.87. The second-order valence-electron chi connectivity index (χ2n) is 4.62. The molecule has 2 nitrogen and oxygen atoms in total. The highest BCUT2D eigenvalue weighted by atomic mass is 79.9. The average molecular weight is 339 g/mol. The van der Waals surface area contributed by atoms with E-state index in [0.29, 0.717) is 0 Å². The highest BCUT2D eigenvalue weighted by molar-refractivity contribution is 9.10. The second kappa shape index (κ2) is 7.20. The van der Waals surface area contributed by atoms with Gasteiger partial charge >= 0.3 is 0 Å². The summed E-state index contributed by atoms with van der Waals surface area (Å²) in [6.07, 6.45) is 3.03. The minimum Gasteiger partial charge on any atom is -0.271 e. The first kappa shape index (κ1) is 14.7. The number of halogens is 1. The fourth-order valence-electron chi connectivity index (χ4n) is 2.10. The van der Waals surface area contributed by atoms with Gasteiger partial charge in [-0.05, 0) is 49.1 Å². The number of hydrogen-bond donors (Lipinski definition) is 2. The Hall–Kier alpha value is -0.680. The quantitative estimate of drug-likeness (QED) is 0.622. The molecule has 0 aliphatic carbocycles. The molecule has 0 aliphatic heterocycles. The molecule has 19 heavy (non-hydrogen) atoms. The van der Waals surface area contributed by atoms with Crippen LogP contribution in [0.1, 0.15) is 22.2 Å². The fraction of sp³-hybridized carbons (Fsp3) is 0.333. The third kappa shape index (κ3) is 4.42. The Balaban J connectivity index is 2.00. The Labute approximate surface area is 127 Å². The summed E-state index contributed by atoms with van der Waals surface area (Å²) in [5, 5.41) is 0. The first-order chi connectivity index (χ1) is 9.21. The molecular weight excluding hydrogens is 320 g/mol. The van der Waals surface area contributed by atoms with Crippen LogP contribution in [-0.2, 0) is 19.3 Å². The molecule has 4 heteroatoms. The molecule has 0 bridgehead atoms. The smallest absolute Gasteiger partial charge is 0.0299 e. The molecule has 1 atom stereocenters. The van der Waals surface area contributed by atoms with Crippen LogP contribution in [-0.4, -0.2) is 6.04 Å². The minimum atomic E-state index is 0.276. The molecule has 1 aromatic heterocycles. The molecule has 2 aromatic rings.